The van der Waals surface area contributed by atoms with Gasteiger partial charge in [0.2, 0.25) is 0 Å². The zero-order valence-corrected chi connectivity index (χ0v) is 13.5. The average Bonchev–Trinajstić information content (AvgIpc) is 2.47. The Morgan fingerprint density at radius 2 is 2.05 bits per heavy atom. The summed E-state index contributed by atoms with van der Waals surface area (Å²) in [6.45, 7) is 2.09. The van der Waals surface area contributed by atoms with E-state index in [9.17, 15) is 13.2 Å². The molecule has 0 radical (unpaired) electrons. The Kier molecular flexibility index (Phi) is 5.27. The maximum atomic E-state index is 12.2. The van der Waals surface area contributed by atoms with Gasteiger partial charge in [-0.05, 0) is 49.8 Å². The quantitative estimate of drug-likeness (QED) is 0.623. The Morgan fingerprint density at radius 1 is 1.33 bits per heavy atom. The molecule has 21 heavy (non-hydrogen) atoms. The van der Waals surface area contributed by atoms with E-state index in [1.807, 2.05) is 0 Å². The zero-order valence-electron chi connectivity index (χ0n) is 11.9. The Hall–Kier alpha value is -1.07. The molecular weight excluding hydrogens is 312 g/mol. The van der Waals surface area contributed by atoms with Crippen LogP contribution in [0.3, 0.4) is 0 Å². The fourth-order valence-electron chi connectivity index (χ4n) is 2.78. The second-order valence-corrected chi connectivity index (χ2v) is 7.93. The van der Waals surface area contributed by atoms with Gasteiger partial charge in [-0.25, -0.2) is 13.2 Å². The van der Waals surface area contributed by atoms with Crippen LogP contribution in [0.4, 0.5) is 0 Å². The Bertz CT molecular complexity index is 612. The summed E-state index contributed by atoms with van der Waals surface area (Å²) in [6.07, 6.45) is 5.08. The van der Waals surface area contributed by atoms with Crippen molar-refractivity contribution in [1.29, 1.82) is 0 Å². The number of rotatable bonds is 4. The maximum absolute atomic E-state index is 12.2. The summed E-state index contributed by atoms with van der Waals surface area (Å²) in [4.78, 5) is 12.1. The number of hydrogen-bond acceptors (Lipinski definition) is 4. The first-order valence-electron chi connectivity index (χ1n) is 7.17. The lowest BCUT2D eigenvalue weighted by molar-refractivity contribution is 0.000685. The van der Waals surface area contributed by atoms with Gasteiger partial charge in [-0.3, -0.25) is 0 Å². The van der Waals surface area contributed by atoms with Crippen molar-refractivity contribution < 1.29 is 17.9 Å². The summed E-state index contributed by atoms with van der Waals surface area (Å²) in [6, 6.07) is 5.64. The maximum Gasteiger partial charge on any atom is 0.338 e. The molecule has 0 aliphatic heterocycles. The van der Waals surface area contributed by atoms with E-state index >= 15 is 0 Å². The SMILES string of the molecule is CCC1CCCCC1OC(=O)c1cccc(S(=O)(=O)Cl)c1. The molecular formula is C15H19ClO4S. The van der Waals surface area contributed by atoms with Gasteiger partial charge in [-0.1, -0.05) is 19.4 Å². The van der Waals surface area contributed by atoms with Crippen LogP contribution in [0.25, 0.3) is 0 Å². The lowest BCUT2D eigenvalue weighted by Crippen LogP contribution is -2.29. The van der Waals surface area contributed by atoms with Crippen LogP contribution in [0.1, 0.15) is 49.4 Å². The molecule has 0 heterocycles. The summed E-state index contributed by atoms with van der Waals surface area (Å²) in [5.41, 5.74) is 0.220. The molecule has 0 aromatic heterocycles. The highest BCUT2D eigenvalue weighted by Crippen LogP contribution is 2.30. The molecule has 1 aliphatic rings. The number of hydrogen-bond donors (Lipinski definition) is 0. The van der Waals surface area contributed by atoms with Crippen LogP contribution < -0.4 is 0 Å². The van der Waals surface area contributed by atoms with E-state index in [0.717, 1.165) is 25.7 Å². The van der Waals surface area contributed by atoms with Crippen molar-refractivity contribution in [2.24, 2.45) is 5.92 Å². The van der Waals surface area contributed by atoms with Crippen LogP contribution in [0.15, 0.2) is 29.2 Å². The highest BCUT2D eigenvalue weighted by molar-refractivity contribution is 8.13. The van der Waals surface area contributed by atoms with E-state index in [1.54, 1.807) is 0 Å². The molecule has 6 heteroatoms. The number of benzene rings is 1. The molecule has 0 N–H and O–H groups in total. The molecule has 4 nitrogen and oxygen atoms in total. The Balaban J connectivity index is 2.13. The van der Waals surface area contributed by atoms with Gasteiger partial charge in [0.15, 0.2) is 0 Å². The Morgan fingerprint density at radius 3 is 2.71 bits per heavy atom. The van der Waals surface area contributed by atoms with Gasteiger partial charge in [0.1, 0.15) is 6.10 Å². The lowest BCUT2D eigenvalue weighted by atomic mass is 9.85. The number of carbonyl (C=O) groups is 1. The van der Waals surface area contributed by atoms with E-state index in [-0.39, 0.29) is 16.6 Å². The highest BCUT2D eigenvalue weighted by Gasteiger charge is 2.27. The van der Waals surface area contributed by atoms with Gasteiger partial charge in [0.25, 0.3) is 9.05 Å². The Labute approximate surface area is 129 Å². The monoisotopic (exact) mass is 330 g/mol. The van der Waals surface area contributed by atoms with Gasteiger partial charge in [-0.15, -0.1) is 0 Å². The summed E-state index contributed by atoms with van der Waals surface area (Å²) >= 11 is 0. The number of halogens is 1. The first-order chi connectivity index (χ1) is 9.91. The average molecular weight is 331 g/mol. The predicted molar refractivity (Wildman–Crippen MR) is 80.9 cm³/mol. The van der Waals surface area contributed by atoms with E-state index < -0.39 is 15.0 Å². The molecule has 2 rings (SSSR count). The first-order valence-corrected chi connectivity index (χ1v) is 9.48. The zero-order chi connectivity index (χ0) is 15.5. The molecule has 0 saturated heterocycles. The van der Waals surface area contributed by atoms with Crippen LogP contribution in [0.5, 0.6) is 0 Å². The smallest absolute Gasteiger partial charge is 0.338 e. The summed E-state index contributed by atoms with van der Waals surface area (Å²) in [5, 5.41) is 0. The molecule has 1 fully saturated rings. The standard InChI is InChI=1S/C15H19ClO4S/c1-2-11-6-3-4-9-14(11)20-15(17)12-7-5-8-13(10-12)21(16,18)19/h5,7-8,10-11,14H,2-4,6,9H2,1H3. The second-order valence-electron chi connectivity index (χ2n) is 5.36. The van der Waals surface area contributed by atoms with Crippen molar-refractivity contribution in [3.8, 4) is 0 Å². The van der Waals surface area contributed by atoms with Crippen LogP contribution in [-0.2, 0) is 13.8 Å². The van der Waals surface area contributed by atoms with Gasteiger partial charge in [0.05, 0.1) is 10.5 Å². The molecule has 0 spiro atoms. The fraction of sp³-hybridized carbons (Fsp3) is 0.533. The van der Waals surface area contributed by atoms with Gasteiger partial charge in [0, 0.05) is 10.7 Å². The summed E-state index contributed by atoms with van der Waals surface area (Å²) in [5.74, 6) is -0.0924. The number of esters is 1. The molecule has 1 aliphatic carbocycles. The van der Waals surface area contributed by atoms with E-state index in [1.165, 1.54) is 30.7 Å². The molecule has 2 unspecified atom stereocenters. The van der Waals surface area contributed by atoms with Crippen molar-refractivity contribution in [2.45, 2.75) is 50.0 Å². The minimum atomic E-state index is -3.84. The summed E-state index contributed by atoms with van der Waals surface area (Å²) in [7, 11) is 1.45. The minimum absolute atomic E-state index is 0.0764. The van der Waals surface area contributed by atoms with Crippen LogP contribution in [0.2, 0.25) is 0 Å². The topological polar surface area (TPSA) is 60.4 Å². The minimum Gasteiger partial charge on any atom is -0.458 e. The van der Waals surface area contributed by atoms with Crippen molar-refractivity contribution >= 4 is 25.7 Å². The van der Waals surface area contributed by atoms with Crippen molar-refractivity contribution in [1.82, 2.24) is 0 Å². The first kappa shape index (κ1) is 16.3. The molecule has 1 aromatic carbocycles. The van der Waals surface area contributed by atoms with E-state index in [4.69, 9.17) is 15.4 Å². The van der Waals surface area contributed by atoms with E-state index in [2.05, 4.69) is 6.92 Å². The second kappa shape index (κ2) is 6.79. The van der Waals surface area contributed by atoms with Crippen LogP contribution in [-0.4, -0.2) is 20.5 Å². The van der Waals surface area contributed by atoms with Crippen LogP contribution >= 0.6 is 10.7 Å². The third-order valence-electron chi connectivity index (χ3n) is 3.97. The molecule has 0 amide bonds. The summed E-state index contributed by atoms with van der Waals surface area (Å²) < 4.78 is 28.2. The third kappa shape index (κ3) is 4.20. The van der Waals surface area contributed by atoms with Gasteiger partial charge < -0.3 is 4.74 Å². The number of ether oxygens (including phenoxy) is 1. The fourth-order valence-corrected chi connectivity index (χ4v) is 3.57. The van der Waals surface area contributed by atoms with Gasteiger partial charge in [-0.2, -0.15) is 0 Å². The third-order valence-corrected chi connectivity index (χ3v) is 5.32. The molecule has 2 atom stereocenters. The van der Waals surface area contributed by atoms with Crippen LogP contribution in [0, 0.1) is 5.92 Å². The molecule has 1 aromatic rings. The van der Waals surface area contributed by atoms with E-state index in [0.29, 0.717) is 5.92 Å². The number of carbonyl (C=O) groups excluding carboxylic acids is 1. The molecule has 0 bridgehead atoms. The lowest BCUT2D eigenvalue weighted by Gasteiger charge is -2.30. The van der Waals surface area contributed by atoms with Crippen molar-refractivity contribution in [2.75, 3.05) is 0 Å². The van der Waals surface area contributed by atoms with Crippen molar-refractivity contribution in [3.63, 3.8) is 0 Å². The largest absolute Gasteiger partial charge is 0.458 e. The highest BCUT2D eigenvalue weighted by atomic mass is 35.7. The normalized spacial score (nSPS) is 22.8. The molecule has 1 saturated carbocycles. The predicted octanol–water partition coefficient (Wildman–Crippen LogP) is 3.74. The van der Waals surface area contributed by atoms with Crippen molar-refractivity contribution in [3.05, 3.63) is 29.8 Å². The molecule has 116 valence electrons. The van der Waals surface area contributed by atoms with Gasteiger partial charge >= 0.3 is 5.97 Å².